The van der Waals surface area contributed by atoms with Crippen molar-refractivity contribution in [2.24, 2.45) is 0 Å². The van der Waals surface area contributed by atoms with Crippen LogP contribution in [0, 0.1) is 5.82 Å². The van der Waals surface area contributed by atoms with Gasteiger partial charge in [0.2, 0.25) is 0 Å². The summed E-state index contributed by atoms with van der Waals surface area (Å²) in [6.07, 6.45) is 1.49. The van der Waals surface area contributed by atoms with Crippen molar-refractivity contribution in [1.82, 2.24) is 0 Å². The van der Waals surface area contributed by atoms with E-state index in [1.54, 1.807) is 12.1 Å². The zero-order valence-electron chi connectivity index (χ0n) is 9.06. The van der Waals surface area contributed by atoms with Crippen LogP contribution in [0.2, 0.25) is 4.34 Å². The minimum atomic E-state index is -1.04. The first kappa shape index (κ1) is 12.8. The lowest BCUT2D eigenvalue weighted by Gasteiger charge is -1.99. The summed E-state index contributed by atoms with van der Waals surface area (Å²) in [7, 11) is 0. The average molecular weight is 283 g/mol. The summed E-state index contributed by atoms with van der Waals surface area (Å²) in [6.45, 7) is 0. The number of benzene rings is 1. The van der Waals surface area contributed by atoms with Gasteiger partial charge in [0.1, 0.15) is 5.82 Å². The molecule has 0 aliphatic carbocycles. The van der Waals surface area contributed by atoms with Crippen LogP contribution >= 0.6 is 22.9 Å². The maximum absolute atomic E-state index is 12.8. The number of carboxylic acids is 1. The number of thiophene rings is 1. The molecule has 0 fully saturated rings. The highest BCUT2D eigenvalue weighted by Gasteiger charge is 2.12. The molecule has 0 saturated carbocycles. The van der Waals surface area contributed by atoms with E-state index in [2.05, 4.69) is 0 Å². The van der Waals surface area contributed by atoms with Gasteiger partial charge < -0.3 is 5.11 Å². The van der Waals surface area contributed by atoms with E-state index < -0.39 is 5.97 Å². The van der Waals surface area contributed by atoms with Crippen molar-refractivity contribution >= 4 is 40.6 Å². The lowest BCUT2D eigenvalue weighted by Crippen LogP contribution is -1.97. The first-order chi connectivity index (χ1) is 8.56. The van der Waals surface area contributed by atoms with Gasteiger partial charge in [0, 0.05) is 4.88 Å². The Bertz CT molecular complexity index is 602. The summed E-state index contributed by atoms with van der Waals surface area (Å²) in [5.74, 6) is -1.40. The molecule has 1 heterocycles. The van der Waals surface area contributed by atoms with Crippen molar-refractivity contribution in [1.29, 1.82) is 0 Å². The number of rotatable bonds is 3. The van der Waals surface area contributed by atoms with Crippen LogP contribution in [0.4, 0.5) is 4.39 Å². The van der Waals surface area contributed by atoms with Gasteiger partial charge in [0.15, 0.2) is 0 Å². The smallest absolute Gasteiger partial charge is 0.337 e. The third-order valence-corrected chi connectivity index (χ3v) is 3.51. The van der Waals surface area contributed by atoms with Crippen LogP contribution in [-0.2, 0) is 4.79 Å². The standard InChI is InChI=1S/C13H8ClFO2S/c14-12-6-5-11(18-12)10(13(16)17)7-8-1-3-9(15)4-2-8/h1-7H,(H,16,17)/b10-7-. The molecule has 0 unspecified atom stereocenters. The van der Waals surface area contributed by atoms with Crippen molar-refractivity contribution in [2.75, 3.05) is 0 Å². The molecular weight excluding hydrogens is 275 g/mol. The molecule has 2 aromatic rings. The number of aliphatic carboxylic acids is 1. The second-order valence-electron chi connectivity index (χ2n) is 3.52. The Morgan fingerprint density at radius 1 is 1.22 bits per heavy atom. The Kier molecular flexibility index (Phi) is 3.79. The van der Waals surface area contributed by atoms with Gasteiger partial charge in [0.25, 0.3) is 0 Å². The van der Waals surface area contributed by atoms with Gasteiger partial charge in [-0.05, 0) is 35.9 Å². The molecule has 0 aliphatic heterocycles. The number of hydrogen-bond acceptors (Lipinski definition) is 2. The van der Waals surface area contributed by atoms with E-state index in [1.165, 1.54) is 41.7 Å². The number of halogens is 2. The Morgan fingerprint density at radius 2 is 1.89 bits per heavy atom. The van der Waals surface area contributed by atoms with Gasteiger partial charge in [0.05, 0.1) is 9.91 Å². The maximum atomic E-state index is 12.8. The summed E-state index contributed by atoms with van der Waals surface area (Å²) in [5.41, 5.74) is 0.761. The third kappa shape index (κ3) is 2.97. The maximum Gasteiger partial charge on any atom is 0.337 e. The van der Waals surface area contributed by atoms with Crippen molar-refractivity contribution in [3.8, 4) is 0 Å². The van der Waals surface area contributed by atoms with Crippen molar-refractivity contribution in [3.63, 3.8) is 0 Å². The van der Waals surface area contributed by atoms with E-state index in [0.29, 0.717) is 14.8 Å². The molecule has 2 rings (SSSR count). The van der Waals surface area contributed by atoms with Crippen LogP contribution in [0.25, 0.3) is 11.6 Å². The molecule has 0 spiro atoms. The lowest BCUT2D eigenvalue weighted by atomic mass is 10.1. The number of carbonyl (C=O) groups is 1. The highest BCUT2D eigenvalue weighted by molar-refractivity contribution is 7.17. The number of carboxylic acid groups (broad SMARTS) is 1. The fourth-order valence-electron chi connectivity index (χ4n) is 1.42. The molecule has 1 aromatic carbocycles. The molecule has 0 amide bonds. The predicted octanol–water partition coefficient (Wildman–Crippen LogP) is 4.17. The predicted molar refractivity (Wildman–Crippen MR) is 71.2 cm³/mol. The SMILES string of the molecule is O=C(O)/C(=C\c1ccc(F)cc1)c1ccc(Cl)s1. The largest absolute Gasteiger partial charge is 0.478 e. The van der Waals surface area contributed by atoms with Crippen molar-refractivity contribution in [2.45, 2.75) is 0 Å². The van der Waals surface area contributed by atoms with Gasteiger partial charge in [-0.15, -0.1) is 11.3 Å². The highest BCUT2D eigenvalue weighted by atomic mass is 35.5. The first-order valence-corrected chi connectivity index (χ1v) is 6.22. The summed E-state index contributed by atoms with van der Waals surface area (Å²) in [4.78, 5) is 11.8. The molecule has 0 atom stereocenters. The van der Waals surface area contributed by atoms with Crippen LogP contribution in [-0.4, -0.2) is 11.1 Å². The van der Waals surface area contributed by atoms with Crippen molar-refractivity contribution < 1.29 is 14.3 Å². The summed E-state index contributed by atoms with van der Waals surface area (Å²) in [5, 5.41) is 9.17. The Labute approximate surface area is 112 Å². The van der Waals surface area contributed by atoms with E-state index in [1.807, 2.05) is 0 Å². The van der Waals surface area contributed by atoms with E-state index >= 15 is 0 Å². The fraction of sp³-hybridized carbons (Fsp3) is 0. The van der Waals surface area contributed by atoms with E-state index in [-0.39, 0.29) is 11.4 Å². The monoisotopic (exact) mass is 282 g/mol. The Morgan fingerprint density at radius 3 is 2.39 bits per heavy atom. The Balaban J connectivity index is 2.42. The highest BCUT2D eigenvalue weighted by Crippen LogP contribution is 2.29. The molecule has 0 bridgehead atoms. The van der Waals surface area contributed by atoms with Gasteiger partial charge in [-0.25, -0.2) is 9.18 Å². The second kappa shape index (κ2) is 5.33. The minimum Gasteiger partial charge on any atom is -0.478 e. The van der Waals surface area contributed by atoms with E-state index in [4.69, 9.17) is 11.6 Å². The van der Waals surface area contributed by atoms with Crippen LogP contribution in [0.3, 0.4) is 0 Å². The normalized spacial score (nSPS) is 11.6. The third-order valence-electron chi connectivity index (χ3n) is 2.25. The van der Waals surface area contributed by atoms with E-state index in [0.717, 1.165) is 0 Å². The topological polar surface area (TPSA) is 37.3 Å². The molecule has 2 nitrogen and oxygen atoms in total. The van der Waals surface area contributed by atoms with Gasteiger partial charge in [-0.3, -0.25) is 0 Å². The quantitative estimate of drug-likeness (QED) is 0.858. The first-order valence-electron chi connectivity index (χ1n) is 5.02. The second-order valence-corrected chi connectivity index (χ2v) is 5.23. The molecule has 18 heavy (non-hydrogen) atoms. The fourth-order valence-corrected chi connectivity index (χ4v) is 2.47. The van der Waals surface area contributed by atoms with Crippen LogP contribution < -0.4 is 0 Å². The molecule has 1 N–H and O–H groups in total. The van der Waals surface area contributed by atoms with Gasteiger partial charge in [-0.2, -0.15) is 0 Å². The molecule has 0 radical (unpaired) electrons. The van der Waals surface area contributed by atoms with Crippen molar-refractivity contribution in [3.05, 3.63) is 57.0 Å². The van der Waals surface area contributed by atoms with Crippen LogP contribution in [0.1, 0.15) is 10.4 Å². The summed E-state index contributed by atoms with van der Waals surface area (Å²) < 4.78 is 13.3. The zero-order chi connectivity index (χ0) is 13.1. The Hall–Kier alpha value is -1.65. The van der Waals surface area contributed by atoms with E-state index in [9.17, 15) is 14.3 Å². The molecular formula is C13H8ClFO2S. The minimum absolute atomic E-state index is 0.138. The molecule has 5 heteroatoms. The van der Waals surface area contributed by atoms with Gasteiger partial charge >= 0.3 is 5.97 Å². The zero-order valence-corrected chi connectivity index (χ0v) is 10.6. The summed E-state index contributed by atoms with van der Waals surface area (Å²) >= 11 is 6.97. The molecule has 0 aliphatic rings. The molecule has 1 aromatic heterocycles. The van der Waals surface area contributed by atoms with Gasteiger partial charge in [-0.1, -0.05) is 23.7 Å². The number of hydrogen-bond donors (Lipinski definition) is 1. The van der Waals surface area contributed by atoms with Crippen LogP contribution in [0.15, 0.2) is 36.4 Å². The molecule has 92 valence electrons. The average Bonchev–Trinajstić information content (AvgIpc) is 2.74. The molecule has 0 saturated heterocycles. The van der Waals surface area contributed by atoms with Crippen LogP contribution in [0.5, 0.6) is 0 Å². The summed E-state index contributed by atoms with van der Waals surface area (Å²) in [6, 6.07) is 8.90. The lowest BCUT2D eigenvalue weighted by molar-refractivity contribution is -0.130.